The number of anilines is 1. The number of aryl methyl sites for hydroxylation is 2. The molecular weight excluding hydrogens is 446 g/mol. The molecule has 34 heavy (non-hydrogen) atoms. The van der Waals surface area contributed by atoms with Crippen LogP contribution in [0, 0.1) is 13.8 Å². The zero-order valence-electron chi connectivity index (χ0n) is 18.9. The third-order valence-electron chi connectivity index (χ3n) is 5.52. The van der Waals surface area contributed by atoms with Crippen LogP contribution in [0.25, 0.3) is 0 Å². The molecule has 1 amide bonds. The van der Waals surface area contributed by atoms with Crippen molar-refractivity contribution in [2.45, 2.75) is 36.9 Å². The first kappa shape index (κ1) is 22.0. The van der Waals surface area contributed by atoms with E-state index in [0.29, 0.717) is 11.0 Å². The molecule has 1 aliphatic heterocycles. The number of aromatic nitrogens is 3. The standard InChI is InChI=1S/C26H25N5O2S/c1-17-13-18(2)15-20(14-17)27-25(32)24-23(19-9-5-3-6-10-19)30-31-22(28-29-26(31)34-24)16-33-21-11-7-4-8-12-21/h3-15,23-24,30H,16H2,1-2H3,(H,27,32)/t23-,24+/m0/s1. The summed E-state index contributed by atoms with van der Waals surface area (Å²) in [5, 5.41) is 11.9. The molecule has 0 saturated carbocycles. The average Bonchev–Trinajstić information content (AvgIpc) is 3.24. The van der Waals surface area contributed by atoms with E-state index < -0.39 is 5.25 Å². The lowest BCUT2D eigenvalue weighted by Crippen LogP contribution is -2.41. The molecule has 2 N–H and O–H groups in total. The minimum absolute atomic E-state index is 0.0901. The second-order valence-electron chi connectivity index (χ2n) is 8.26. The van der Waals surface area contributed by atoms with E-state index >= 15 is 0 Å². The van der Waals surface area contributed by atoms with E-state index in [9.17, 15) is 4.79 Å². The lowest BCUT2D eigenvalue weighted by molar-refractivity contribution is -0.116. The highest BCUT2D eigenvalue weighted by Gasteiger charge is 2.38. The van der Waals surface area contributed by atoms with Crippen LogP contribution in [0.3, 0.4) is 0 Å². The quantitative estimate of drug-likeness (QED) is 0.418. The van der Waals surface area contributed by atoms with Gasteiger partial charge in [0.25, 0.3) is 0 Å². The lowest BCUT2D eigenvalue weighted by Gasteiger charge is -2.33. The van der Waals surface area contributed by atoms with Crippen molar-refractivity contribution in [1.82, 2.24) is 14.9 Å². The number of hydrogen-bond acceptors (Lipinski definition) is 6. The Morgan fingerprint density at radius 1 is 1.00 bits per heavy atom. The topological polar surface area (TPSA) is 81.1 Å². The zero-order chi connectivity index (χ0) is 23.5. The van der Waals surface area contributed by atoms with Crippen LogP contribution in [0.5, 0.6) is 5.75 Å². The summed E-state index contributed by atoms with van der Waals surface area (Å²) in [5.41, 5.74) is 7.47. The normalized spacial score (nSPS) is 16.9. The highest BCUT2D eigenvalue weighted by Crippen LogP contribution is 2.37. The Kier molecular flexibility index (Phi) is 6.22. The summed E-state index contributed by atoms with van der Waals surface area (Å²) in [4.78, 5) is 13.4. The molecule has 172 valence electrons. The Labute approximate surface area is 202 Å². The highest BCUT2D eigenvalue weighted by molar-refractivity contribution is 8.00. The van der Waals surface area contributed by atoms with E-state index in [1.807, 2.05) is 91.3 Å². The third-order valence-corrected chi connectivity index (χ3v) is 6.74. The zero-order valence-corrected chi connectivity index (χ0v) is 19.8. The van der Waals surface area contributed by atoms with Gasteiger partial charge in [0, 0.05) is 5.69 Å². The lowest BCUT2D eigenvalue weighted by atomic mass is 10.0. The number of nitrogens with zero attached hydrogens (tertiary/aromatic N) is 3. The minimum atomic E-state index is -0.442. The Bertz CT molecular complexity index is 1270. The average molecular weight is 472 g/mol. The second kappa shape index (κ2) is 9.61. The molecule has 0 bridgehead atoms. The van der Waals surface area contributed by atoms with Crippen LogP contribution in [0.4, 0.5) is 5.69 Å². The Balaban J connectivity index is 1.41. The van der Waals surface area contributed by atoms with Gasteiger partial charge in [0.1, 0.15) is 17.6 Å². The molecule has 0 radical (unpaired) electrons. The Hall–Kier alpha value is -3.78. The van der Waals surface area contributed by atoms with Gasteiger partial charge in [0.2, 0.25) is 11.1 Å². The number of ether oxygens (including phenoxy) is 1. The van der Waals surface area contributed by atoms with Crippen LogP contribution in [0.2, 0.25) is 0 Å². The summed E-state index contributed by atoms with van der Waals surface area (Å²) in [6.45, 7) is 4.30. The van der Waals surface area contributed by atoms with E-state index in [2.05, 4.69) is 27.0 Å². The molecule has 2 heterocycles. The van der Waals surface area contributed by atoms with E-state index in [-0.39, 0.29) is 18.6 Å². The summed E-state index contributed by atoms with van der Waals surface area (Å²) in [6.07, 6.45) is 0. The maximum atomic E-state index is 13.4. The molecule has 0 aliphatic carbocycles. The summed E-state index contributed by atoms with van der Waals surface area (Å²) in [5.74, 6) is 1.31. The van der Waals surface area contributed by atoms with Crippen LogP contribution in [-0.2, 0) is 11.4 Å². The van der Waals surface area contributed by atoms with Crippen molar-refractivity contribution in [2.75, 3.05) is 10.7 Å². The van der Waals surface area contributed by atoms with Gasteiger partial charge in [-0.2, -0.15) is 0 Å². The van der Waals surface area contributed by atoms with Crippen LogP contribution >= 0.6 is 11.8 Å². The van der Waals surface area contributed by atoms with E-state index in [0.717, 1.165) is 28.1 Å². The third kappa shape index (κ3) is 4.77. The predicted molar refractivity (Wildman–Crippen MR) is 134 cm³/mol. The molecule has 0 fully saturated rings. The SMILES string of the molecule is Cc1cc(C)cc(NC(=O)[C@@H]2Sc3nnc(COc4ccccc4)n3N[C@H]2c2ccccc2)c1. The van der Waals surface area contributed by atoms with Gasteiger partial charge >= 0.3 is 0 Å². The molecule has 0 saturated heterocycles. The smallest absolute Gasteiger partial charge is 0.240 e. The number of fused-ring (bicyclic) bond motifs is 1. The maximum absolute atomic E-state index is 13.4. The molecule has 4 aromatic rings. The van der Waals surface area contributed by atoms with Crippen molar-refractivity contribution in [2.24, 2.45) is 0 Å². The number of carbonyl (C=O) groups is 1. The van der Waals surface area contributed by atoms with Gasteiger partial charge in [-0.3, -0.25) is 4.79 Å². The molecule has 0 spiro atoms. The fourth-order valence-electron chi connectivity index (χ4n) is 4.03. The number of rotatable bonds is 6. The first-order valence-corrected chi connectivity index (χ1v) is 11.9. The van der Waals surface area contributed by atoms with Crippen molar-refractivity contribution in [3.8, 4) is 5.75 Å². The molecular formula is C26H25N5O2S. The summed E-state index contributed by atoms with van der Waals surface area (Å²) in [7, 11) is 0. The van der Waals surface area contributed by atoms with Crippen molar-refractivity contribution in [1.29, 1.82) is 0 Å². The van der Waals surface area contributed by atoms with Gasteiger partial charge in [0.05, 0.1) is 6.04 Å². The number of carbonyl (C=O) groups excluding carboxylic acids is 1. The molecule has 1 aromatic heterocycles. The number of nitrogens with one attached hydrogen (secondary N) is 2. The van der Waals surface area contributed by atoms with E-state index in [1.165, 1.54) is 11.8 Å². The van der Waals surface area contributed by atoms with Gasteiger partial charge < -0.3 is 15.5 Å². The molecule has 1 aliphatic rings. The van der Waals surface area contributed by atoms with E-state index in [1.54, 1.807) is 0 Å². The molecule has 0 unspecified atom stereocenters. The highest BCUT2D eigenvalue weighted by atomic mass is 32.2. The van der Waals surface area contributed by atoms with Crippen LogP contribution < -0.4 is 15.5 Å². The van der Waals surface area contributed by atoms with Gasteiger partial charge in [-0.15, -0.1) is 10.2 Å². The van der Waals surface area contributed by atoms with Gasteiger partial charge in [0.15, 0.2) is 5.82 Å². The van der Waals surface area contributed by atoms with Crippen LogP contribution in [-0.4, -0.2) is 26.0 Å². The van der Waals surface area contributed by atoms with Gasteiger partial charge in [-0.1, -0.05) is 66.4 Å². The maximum Gasteiger partial charge on any atom is 0.240 e. The Morgan fingerprint density at radius 3 is 2.38 bits per heavy atom. The van der Waals surface area contributed by atoms with Crippen molar-refractivity contribution in [3.63, 3.8) is 0 Å². The summed E-state index contributed by atoms with van der Waals surface area (Å²) in [6, 6.07) is 25.3. The number of amides is 1. The van der Waals surface area contributed by atoms with Crippen molar-refractivity contribution >= 4 is 23.4 Å². The van der Waals surface area contributed by atoms with Crippen molar-refractivity contribution < 1.29 is 9.53 Å². The number of thioether (sulfide) groups is 1. The first-order valence-electron chi connectivity index (χ1n) is 11.1. The largest absolute Gasteiger partial charge is 0.486 e. The van der Waals surface area contributed by atoms with Gasteiger partial charge in [-0.05, 0) is 54.8 Å². The first-order chi connectivity index (χ1) is 16.6. The molecule has 3 aromatic carbocycles. The number of para-hydroxylation sites is 1. The molecule has 5 rings (SSSR count). The molecule has 2 atom stereocenters. The fourth-order valence-corrected chi connectivity index (χ4v) is 5.13. The molecule has 7 nitrogen and oxygen atoms in total. The number of benzene rings is 3. The monoisotopic (exact) mass is 471 g/mol. The number of hydrogen-bond donors (Lipinski definition) is 2. The van der Waals surface area contributed by atoms with Crippen molar-refractivity contribution in [3.05, 3.63) is 101 Å². The van der Waals surface area contributed by atoms with Crippen LogP contribution in [0.15, 0.2) is 84.0 Å². The Morgan fingerprint density at radius 2 is 1.68 bits per heavy atom. The summed E-state index contributed by atoms with van der Waals surface area (Å²) < 4.78 is 7.71. The fraction of sp³-hybridized carbons (Fsp3) is 0.192. The minimum Gasteiger partial charge on any atom is -0.486 e. The predicted octanol–water partition coefficient (Wildman–Crippen LogP) is 4.87. The van der Waals surface area contributed by atoms with Gasteiger partial charge in [-0.25, -0.2) is 4.68 Å². The van der Waals surface area contributed by atoms with E-state index in [4.69, 9.17) is 4.74 Å². The van der Waals surface area contributed by atoms with Crippen LogP contribution in [0.1, 0.15) is 28.6 Å². The summed E-state index contributed by atoms with van der Waals surface area (Å²) >= 11 is 1.40. The second-order valence-corrected chi connectivity index (χ2v) is 9.37. The molecule has 8 heteroatoms.